The van der Waals surface area contributed by atoms with Gasteiger partial charge in [-0.2, -0.15) is 4.98 Å². The number of thiazole rings is 1. The van der Waals surface area contributed by atoms with Crippen LogP contribution in [0.5, 0.6) is 0 Å². The van der Waals surface area contributed by atoms with Crippen LogP contribution in [0.4, 0.5) is 0 Å². The number of hydrogen-bond donors (Lipinski definition) is 0. The van der Waals surface area contributed by atoms with Gasteiger partial charge < -0.3 is 9.42 Å². The van der Waals surface area contributed by atoms with Crippen molar-refractivity contribution in [3.05, 3.63) is 41.0 Å². The van der Waals surface area contributed by atoms with Crippen LogP contribution in [0.2, 0.25) is 0 Å². The van der Waals surface area contributed by atoms with E-state index in [-0.39, 0.29) is 5.91 Å². The summed E-state index contributed by atoms with van der Waals surface area (Å²) in [5.74, 6) is 1.37. The van der Waals surface area contributed by atoms with Gasteiger partial charge in [-0.05, 0) is 31.5 Å². The lowest BCUT2D eigenvalue weighted by molar-refractivity contribution is 0.0760. The summed E-state index contributed by atoms with van der Waals surface area (Å²) in [5.41, 5.74) is 3.48. The largest absolute Gasteiger partial charge is 0.338 e. The van der Waals surface area contributed by atoms with Gasteiger partial charge in [0.05, 0.1) is 22.3 Å². The molecule has 0 saturated carbocycles. The molecule has 130 valence electrons. The molecule has 1 amide bonds. The molecule has 1 aliphatic heterocycles. The van der Waals surface area contributed by atoms with Crippen molar-refractivity contribution in [3.8, 4) is 0 Å². The number of nitrogens with zero attached hydrogens (tertiary/aromatic N) is 5. The third-order valence-corrected chi connectivity index (χ3v) is 5.17. The van der Waals surface area contributed by atoms with Crippen LogP contribution in [-0.4, -0.2) is 57.0 Å². The van der Waals surface area contributed by atoms with Crippen molar-refractivity contribution in [1.29, 1.82) is 0 Å². The minimum absolute atomic E-state index is 0.0887. The molecule has 0 atom stereocenters. The average Bonchev–Trinajstić information content (AvgIpc) is 3.17. The highest BCUT2D eigenvalue weighted by Gasteiger charge is 2.21. The summed E-state index contributed by atoms with van der Waals surface area (Å²) in [7, 11) is 0. The van der Waals surface area contributed by atoms with E-state index in [4.69, 9.17) is 4.52 Å². The van der Waals surface area contributed by atoms with E-state index in [1.807, 2.05) is 35.5 Å². The van der Waals surface area contributed by atoms with Gasteiger partial charge in [0.2, 0.25) is 5.89 Å². The lowest BCUT2D eigenvalue weighted by Crippen LogP contribution is -2.35. The third-order valence-electron chi connectivity index (χ3n) is 4.38. The zero-order valence-corrected chi connectivity index (χ0v) is 14.8. The van der Waals surface area contributed by atoms with Gasteiger partial charge in [-0.25, -0.2) is 4.98 Å². The maximum absolute atomic E-state index is 12.8. The molecule has 3 heterocycles. The van der Waals surface area contributed by atoms with E-state index in [0.29, 0.717) is 24.8 Å². The first kappa shape index (κ1) is 16.2. The first-order chi connectivity index (χ1) is 12.2. The minimum Gasteiger partial charge on any atom is -0.338 e. The van der Waals surface area contributed by atoms with E-state index in [9.17, 15) is 4.79 Å². The Labute approximate surface area is 149 Å². The molecule has 7 nitrogen and oxygen atoms in total. The van der Waals surface area contributed by atoms with Crippen LogP contribution in [0.15, 0.2) is 28.2 Å². The molecule has 25 heavy (non-hydrogen) atoms. The lowest BCUT2D eigenvalue weighted by Gasteiger charge is -2.21. The molecule has 0 spiro atoms. The Morgan fingerprint density at radius 2 is 2.20 bits per heavy atom. The second kappa shape index (κ2) is 6.89. The van der Waals surface area contributed by atoms with Crippen molar-refractivity contribution < 1.29 is 9.32 Å². The molecule has 4 rings (SSSR count). The number of aromatic nitrogens is 3. The van der Waals surface area contributed by atoms with E-state index in [2.05, 4.69) is 20.0 Å². The molecule has 3 aromatic rings. The number of fused-ring (bicyclic) bond motifs is 1. The summed E-state index contributed by atoms with van der Waals surface area (Å²) in [6.45, 7) is 5.63. The highest BCUT2D eigenvalue weighted by Crippen LogP contribution is 2.20. The Hall–Kier alpha value is -2.32. The summed E-state index contributed by atoms with van der Waals surface area (Å²) < 4.78 is 6.25. The molecule has 0 bridgehead atoms. The zero-order chi connectivity index (χ0) is 17.2. The predicted octanol–water partition coefficient (Wildman–Crippen LogP) is 2.34. The maximum atomic E-state index is 12.8. The van der Waals surface area contributed by atoms with Gasteiger partial charge in [-0.1, -0.05) is 5.16 Å². The number of benzene rings is 1. The van der Waals surface area contributed by atoms with Gasteiger partial charge in [-0.3, -0.25) is 9.69 Å². The second-order valence-electron chi connectivity index (χ2n) is 6.19. The smallest absolute Gasteiger partial charge is 0.253 e. The van der Waals surface area contributed by atoms with Gasteiger partial charge in [-0.15, -0.1) is 11.3 Å². The van der Waals surface area contributed by atoms with Gasteiger partial charge in [0.1, 0.15) is 0 Å². The first-order valence-corrected chi connectivity index (χ1v) is 9.21. The van der Waals surface area contributed by atoms with Gasteiger partial charge in [0.15, 0.2) is 5.82 Å². The molecule has 0 radical (unpaired) electrons. The van der Waals surface area contributed by atoms with Crippen molar-refractivity contribution in [2.75, 3.05) is 26.2 Å². The Balaban J connectivity index is 1.42. The zero-order valence-electron chi connectivity index (χ0n) is 14.0. The fourth-order valence-corrected chi connectivity index (χ4v) is 3.81. The maximum Gasteiger partial charge on any atom is 0.253 e. The summed E-state index contributed by atoms with van der Waals surface area (Å²) in [4.78, 5) is 25.5. The molecule has 0 aliphatic carbocycles. The number of carbonyl (C=O) groups excluding carboxylic acids is 1. The van der Waals surface area contributed by atoms with Crippen molar-refractivity contribution in [2.45, 2.75) is 19.9 Å². The molecule has 0 N–H and O–H groups in total. The quantitative estimate of drug-likeness (QED) is 0.716. The fourth-order valence-electron chi connectivity index (χ4n) is 3.10. The molecule has 0 unspecified atom stereocenters. The third kappa shape index (κ3) is 3.54. The molecule has 1 fully saturated rings. The Bertz CT molecular complexity index is 890. The summed E-state index contributed by atoms with van der Waals surface area (Å²) in [6.07, 6.45) is 0.932. The van der Waals surface area contributed by atoms with Crippen LogP contribution in [0.1, 0.15) is 28.5 Å². The van der Waals surface area contributed by atoms with Crippen molar-refractivity contribution in [1.82, 2.24) is 24.9 Å². The SMILES string of the molecule is Cc1noc(CN2CCCN(C(=O)c3ccc4ncsc4c3)CC2)n1. The van der Waals surface area contributed by atoms with Crippen LogP contribution in [-0.2, 0) is 6.54 Å². The number of aryl methyl sites for hydroxylation is 1. The van der Waals surface area contributed by atoms with Crippen molar-refractivity contribution in [3.63, 3.8) is 0 Å². The van der Waals surface area contributed by atoms with Crippen LogP contribution in [0, 0.1) is 6.92 Å². The molecule has 1 saturated heterocycles. The van der Waals surface area contributed by atoms with E-state index in [1.54, 1.807) is 11.3 Å². The Morgan fingerprint density at radius 1 is 1.28 bits per heavy atom. The van der Waals surface area contributed by atoms with E-state index in [1.165, 1.54) is 0 Å². The standard InChI is InChI=1S/C17H19N5O2S/c1-12-19-16(24-20-12)10-21-5-2-6-22(8-7-21)17(23)13-3-4-14-15(9-13)25-11-18-14/h3-4,9,11H,2,5-8,10H2,1H3. The van der Waals surface area contributed by atoms with Gasteiger partial charge in [0, 0.05) is 31.7 Å². The van der Waals surface area contributed by atoms with Crippen LogP contribution < -0.4 is 0 Å². The van der Waals surface area contributed by atoms with E-state index in [0.717, 1.165) is 41.8 Å². The summed E-state index contributed by atoms with van der Waals surface area (Å²) >= 11 is 1.56. The van der Waals surface area contributed by atoms with Crippen LogP contribution in [0.3, 0.4) is 0 Å². The number of carbonyl (C=O) groups is 1. The van der Waals surface area contributed by atoms with Crippen molar-refractivity contribution in [2.24, 2.45) is 0 Å². The van der Waals surface area contributed by atoms with E-state index < -0.39 is 0 Å². The Kier molecular flexibility index (Phi) is 4.46. The average molecular weight is 357 g/mol. The number of amides is 1. The predicted molar refractivity (Wildman–Crippen MR) is 94.5 cm³/mol. The van der Waals surface area contributed by atoms with E-state index >= 15 is 0 Å². The summed E-state index contributed by atoms with van der Waals surface area (Å²) in [5, 5.41) is 3.83. The van der Waals surface area contributed by atoms with Crippen molar-refractivity contribution >= 4 is 27.5 Å². The van der Waals surface area contributed by atoms with Gasteiger partial charge >= 0.3 is 0 Å². The minimum atomic E-state index is 0.0887. The molecule has 1 aromatic carbocycles. The lowest BCUT2D eigenvalue weighted by atomic mass is 10.2. The topological polar surface area (TPSA) is 75.4 Å². The van der Waals surface area contributed by atoms with Crippen LogP contribution in [0.25, 0.3) is 10.2 Å². The number of hydrogen-bond acceptors (Lipinski definition) is 7. The van der Waals surface area contributed by atoms with Crippen LogP contribution >= 0.6 is 11.3 Å². The normalized spacial score (nSPS) is 16.3. The first-order valence-electron chi connectivity index (χ1n) is 8.33. The summed E-state index contributed by atoms with van der Waals surface area (Å²) in [6, 6.07) is 5.73. The monoisotopic (exact) mass is 357 g/mol. The highest BCUT2D eigenvalue weighted by atomic mass is 32.1. The molecule has 1 aliphatic rings. The number of rotatable bonds is 3. The molecular weight excluding hydrogens is 338 g/mol. The second-order valence-corrected chi connectivity index (χ2v) is 7.08. The molecular formula is C17H19N5O2S. The van der Waals surface area contributed by atoms with Gasteiger partial charge in [0.25, 0.3) is 5.91 Å². The highest BCUT2D eigenvalue weighted by molar-refractivity contribution is 7.16. The molecule has 2 aromatic heterocycles. The Morgan fingerprint density at radius 3 is 3.04 bits per heavy atom. The molecule has 8 heteroatoms. The fraction of sp³-hybridized carbons (Fsp3) is 0.412.